The molecule has 0 bridgehead atoms. The molecular formula is C25H34N2O3. The summed E-state index contributed by atoms with van der Waals surface area (Å²) in [6.45, 7) is 6.98. The maximum absolute atomic E-state index is 13.1. The molecule has 5 nitrogen and oxygen atoms in total. The summed E-state index contributed by atoms with van der Waals surface area (Å²) < 4.78 is 10.8. The zero-order valence-electron chi connectivity index (χ0n) is 18.6. The summed E-state index contributed by atoms with van der Waals surface area (Å²) >= 11 is 0. The highest BCUT2D eigenvalue weighted by Gasteiger charge is 2.29. The molecule has 0 atom stereocenters. The molecular weight excluding hydrogens is 376 g/mol. The first-order valence-electron chi connectivity index (χ1n) is 10.8. The first kappa shape index (κ1) is 22.2. The van der Waals surface area contributed by atoms with Crippen molar-refractivity contribution in [2.45, 2.75) is 45.7 Å². The minimum Gasteiger partial charge on any atom is -0.497 e. The van der Waals surface area contributed by atoms with Crippen molar-refractivity contribution in [3.8, 4) is 11.5 Å². The van der Waals surface area contributed by atoms with E-state index in [1.807, 2.05) is 41.3 Å². The van der Waals surface area contributed by atoms with Crippen molar-refractivity contribution in [3.05, 3.63) is 54.1 Å². The van der Waals surface area contributed by atoms with E-state index in [0.717, 1.165) is 49.7 Å². The molecule has 0 radical (unpaired) electrons. The van der Waals surface area contributed by atoms with Crippen LogP contribution in [0, 0.1) is 5.92 Å². The maximum Gasteiger partial charge on any atom is 0.227 e. The molecule has 5 heteroatoms. The van der Waals surface area contributed by atoms with Crippen LogP contribution in [0.5, 0.6) is 11.5 Å². The first-order chi connectivity index (χ1) is 14.5. The standard InChI is InChI=1S/C25H34N2O3/c1-19(2)14-25(28)27(21-8-6-5-7-9-21)22-10-12-26(13-11-22)18-20-15-23(29-3)17-24(16-20)30-4/h5-9,15-17,19,22H,10-14,18H2,1-4H3. The summed E-state index contributed by atoms with van der Waals surface area (Å²) in [6, 6.07) is 16.4. The van der Waals surface area contributed by atoms with Crippen molar-refractivity contribution in [2.75, 3.05) is 32.2 Å². The molecule has 1 heterocycles. The van der Waals surface area contributed by atoms with Crippen LogP contribution in [0.4, 0.5) is 5.69 Å². The second-order valence-corrected chi connectivity index (χ2v) is 8.43. The fourth-order valence-electron chi connectivity index (χ4n) is 4.15. The third kappa shape index (κ3) is 5.76. The highest BCUT2D eigenvalue weighted by Crippen LogP contribution is 2.28. The van der Waals surface area contributed by atoms with E-state index >= 15 is 0 Å². The Kier molecular flexibility index (Phi) is 7.75. The largest absolute Gasteiger partial charge is 0.497 e. The van der Waals surface area contributed by atoms with Crippen molar-refractivity contribution in [3.63, 3.8) is 0 Å². The van der Waals surface area contributed by atoms with Crippen LogP contribution in [0.3, 0.4) is 0 Å². The fraction of sp³-hybridized carbons (Fsp3) is 0.480. The minimum absolute atomic E-state index is 0.229. The second-order valence-electron chi connectivity index (χ2n) is 8.43. The van der Waals surface area contributed by atoms with Gasteiger partial charge in [-0.05, 0) is 48.6 Å². The number of rotatable bonds is 8. The van der Waals surface area contributed by atoms with E-state index in [4.69, 9.17) is 9.47 Å². The summed E-state index contributed by atoms with van der Waals surface area (Å²) in [4.78, 5) is 17.5. The molecule has 1 aliphatic rings. The third-order valence-corrected chi connectivity index (χ3v) is 5.63. The van der Waals surface area contributed by atoms with E-state index in [9.17, 15) is 4.79 Å². The van der Waals surface area contributed by atoms with Gasteiger partial charge >= 0.3 is 0 Å². The van der Waals surface area contributed by atoms with Gasteiger partial charge in [0, 0.05) is 43.9 Å². The Bertz CT molecular complexity index is 792. The average Bonchev–Trinajstić information content (AvgIpc) is 2.75. The number of methoxy groups -OCH3 is 2. The molecule has 0 unspecified atom stereocenters. The number of amides is 1. The predicted octanol–water partition coefficient (Wildman–Crippen LogP) is 4.75. The smallest absolute Gasteiger partial charge is 0.227 e. The van der Waals surface area contributed by atoms with E-state index in [1.54, 1.807) is 14.2 Å². The number of ether oxygens (including phenoxy) is 2. The molecule has 0 aromatic heterocycles. The van der Waals surface area contributed by atoms with Crippen molar-refractivity contribution in [1.29, 1.82) is 0 Å². The summed E-state index contributed by atoms with van der Waals surface area (Å²) in [7, 11) is 3.35. The Hall–Kier alpha value is -2.53. The Morgan fingerprint density at radius 3 is 2.17 bits per heavy atom. The monoisotopic (exact) mass is 410 g/mol. The number of nitrogens with zero attached hydrogens (tertiary/aromatic N) is 2. The Morgan fingerprint density at radius 1 is 1.03 bits per heavy atom. The van der Waals surface area contributed by atoms with Crippen LogP contribution in [0.15, 0.2) is 48.5 Å². The molecule has 0 spiro atoms. The normalized spacial score (nSPS) is 15.2. The van der Waals surface area contributed by atoms with Gasteiger partial charge in [0.1, 0.15) is 11.5 Å². The van der Waals surface area contributed by atoms with Gasteiger partial charge in [-0.15, -0.1) is 0 Å². The van der Waals surface area contributed by atoms with E-state index < -0.39 is 0 Å². The van der Waals surface area contributed by atoms with Crippen LogP contribution in [-0.4, -0.2) is 44.2 Å². The van der Waals surface area contributed by atoms with Crippen LogP contribution in [0.2, 0.25) is 0 Å². The quantitative estimate of drug-likeness (QED) is 0.630. The fourth-order valence-corrected chi connectivity index (χ4v) is 4.15. The molecule has 1 saturated heterocycles. The molecule has 2 aromatic carbocycles. The lowest BCUT2D eigenvalue weighted by atomic mass is 9.99. The first-order valence-corrected chi connectivity index (χ1v) is 10.8. The highest BCUT2D eigenvalue weighted by molar-refractivity contribution is 5.94. The molecule has 0 aliphatic carbocycles. The number of benzene rings is 2. The number of anilines is 1. The van der Waals surface area contributed by atoms with Gasteiger partial charge in [-0.2, -0.15) is 0 Å². The van der Waals surface area contributed by atoms with Gasteiger partial charge in [-0.25, -0.2) is 0 Å². The van der Waals surface area contributed by atoms with Crippen molar-refractivity contribution in [1.82, 2.24) is 4.90 Å². The average molecular weight is 411 g/mol. The lowest BCUT2D eigenvalue weighted by molar-refractivity contribution is -0.120. The van der Waals surface area contributed by atoms with Gasteiger partial charge in [-0.3, -0.25) is 9.69 Å². The molecule has 30 heavy (non-hydrogen) atoms. The van der Waals surface area contributed by atoms with E-state index in [0.29, 0.717) is 12.3 Å². The van der Waals surface area contributed by atoms with Gasteiger partial charge in [0.2, 0.25) is 5.91 Å². The number of hydrogen-bond acceptors (Lipinski definition) is 4. The summed E-state index contributed by atoms with van der Waals surface area (Å²) in [5.41, 5.74) is 2.19. The minimum atomic E-state index is 0.229. The third-order valence-electron chi connectivity index (χ3n) is 5.63. The number of carbonyl (C=O) groups excluding carboxylic acids is 1. The topological polar surface area (TPSA) is 42.0 Å². The van der Waals surface area contributed by atoms with Crippen LogP contribution in [0.25, 0.3) is 0 Å². The molecule has 1 aliphatic heterocycles. The zero-order valence-corrected chi connectivity index (χ0v) is 18.6. The van der Waals surface area contributed by atoms with Crippen LogP contribution >= 0.6 is 0 Å². The molecule has 3 rings (SSSR count). The summed E-state index contributed by atoms with van der Waals surface area (Å²) in [5, 5.41) is 0. The maximum atomic E-state index is 13.1. The summed E-state index contributed by atoms with van der Waals surface area (Å²) in [6.07, 6.45) is 2.53. The van der Waals surface area contributed by atoms with Crippen LogP contribution in [0.1, 0.15) is 38.7 Å². The van der Waals surface area contributed by atoms with E-state index in [1.165, 1.54) is 5.56 Å². The molecule has 1 amide bonds. The Morgan fingerprint density at radius 2 is 1.63 bits per heavy atom. The number of likely N-dealkylation sites (tertiary alicyclic amines) is 1. The lowest BCUT2D eigenvalue weighted by Crippen LogP contribution is -2.47. The second kappa shape index (κ2) is 10.5. The van der Waals surface area contributed by atoms with Gasteiger partial charge in [0.25, 0.3) is 0 Å². The van der Waals surface area contributed by atoms with E-state index in [-0.39, 0.29) is 11.9 Å². The van der Waals surface area contributed by atoms with Gasteiger partial charge < -0.3 is 14.4 Å². The van der Waals surface area contributed by atoms with Crippen molar-refractivity contribution < 1.29 is 14.3 Å². The summed E-state index contributed by atoms with van der Waals surface area (Å²) in [5.74, 6) is 2.21. The molecule has 2 aromatic rings. The van der Waals surface area contributed by atoms with Gasteiger partial charge in [0.15, 0.2) is 0 Å². The molecule has 162 valence electrons. The van der Waals surface area contributed by atoms with Crippen molar-refractivity contribution >= 4 is 11.6 Å². The lowest BCUT2D eigenvalue weighted by Gasteiger charge is -2.39. The predicted molar refractivity (Wildman–Crippen MR) is 121 cm³/mol. The number of hydrogen-bond donors (Lipinski definition) is 0. The van der Waals surface area contributed by atoms with Crippen molar-refractivity contribution in [2.24, 2.45) is 5.92 Å². The Balaban J connectivity index is 1.67. The molecule has 0 N–H and O–H groups in total. The number of piperidine rings is 1. The van der Waals surface area contributed by atoms with Crippen LogP contribution < -0.4 is 14.4 Å². The highest BCUT2D eigenvalue weighted by atomic mass is 16.5. The van der Waals surface area contributed by atoms with Crippen LogP contribution in [-0.2, 0) is 11.3 Å². The van der Waals surface area contributed by atoms with Gasteiger partial charge in [0.05, 0.1) is 14.2 Å². The van der Waals surface area contributed by atoms with E-state index in [2.05, 4.69) is 30.9 Å². The zero-order chi connectivity index (χ0) is 21.5. The van der Waals surface area contributed by atoms with Gasteiger partial charge in [-0.1, -0.05) is 32.0 Å². The Labute approximate surface area is 180 Å². The SMILES string of the molecule is COc1cc(CN2CCC(N(C(=O)CC(C)C)c3ccccc3)CC2)cc(OC)c1. The number of para-hydroxylation sites is 1. The molecule has 1 fully saturated rings. The molecule has 0 saturated carbocycles. The number of carbonyl (C=O) groups is 1.